The summed E-state index contributed by atoms with van der Waals surface area (Å²) >= 11 is 0. The Kier molecular flexibility index (Phi) is 6.54. The number of Topliss-reactive ketones (excluding diaryl/α,β-unsaturated/α-hetero) is 1. The van der Waals surface area contributed by atoms with Gasteiger partial charge in [0.05, 0.1) is 18.6 Å². The molecule has 5 atom stereocenters. The minimum Gasteiger partial charge on any atom is -0.489 e. The second-order valence-corrected chi connectivity index (χ2v) is 12.2. The van der Waals surface area contributed by atoms with Crippen LogP contribution in [0.15, 0.2) is 18.2 Å². The molecule has 0 radical (unpaired) electrons. The van der Waals surface area contributed by atoms with Crippen LogP contribution >= 0.6 is 0 Å². The number of nitrogens with zero attached hydrogens (tertiary/aromatic N) is 1. The van der Waals surface area contributed by atoms with E-state index in [1.165, 1.54) is 7.11 Å². The molecule has 7 nitrogen and oxygen atoms in total. The maximum Gasteiger partial charge on any atom is 0.410 e. The van der Waals surface area contributed by atoms with Crippen LogP contribution in [0.2, 0.25) is 0 Å². The molecule has 1 amide bonds. The van der Waals surface area contributed by atoms with Crippen LogP contribution in [0.3, 0.4) is 0 Å². The lowest BCUT2D eigenvalue weighted by Gasteiger charge is -2.42. The van der Waals surface area contributed by atoms with Crippen molar-refractivity contribution in [3.8, 4) is 5.75 Å². The largest absolute Gasteiger partial charge is 0.489 e. The first-order valence-electron chi connectivity index (χ1n) is 13.5. The molecule has 0 N–H and O–H groups in total. The second kappa shape index (κ2) is 9.38. The average molecular weight is 498 g/mol. The van der Waals surface area contributed by atoms with Crippen LogP contribution in [0, 0.1) is 17.8 Å². The summed E-state index contributed by atoms with van der Waals surface area (Å²) in [6.45, 7) is 7.61. The minimum atomic E-state index is -0.516. The van der Waals surface area contributed by atoms with Crippen molar-refractivity contribution in [3.05, 3.63) is 29.3 Å². The zero-order valence-electron chi connectivity index (χ0n) is 22.1. The molecule has 0 spiro atoms. The molecule has 4 aliphatic rings. The lowest BCUT2D eigenvalue weighted by molar-refractivity contribution is -0.145. The van der Waals surface area contributed by atoms with Gasteiger partial charge in [0.15, 0.2) is 5.78 Å². The van der Waals surface area contributed by atoms with Crippen molar-refractivity contribution in [2.75, 3.05) is 7.11 Å². The van der Waals surface area contributed by atoms with Gasteiger partial charge in [-0.1, -0.05) is 13.0 Å². The van der Waals surface area contributed by atoms with Crippen LogP contribution in [0.1, 0.15) is 94.5 Å². The molecule has 1 aromatic carbocycles. The van der Waals surface area contributed by atoms with Gasteiger partial charge in [-0.05, 0) is 88.8 Å². The molecule has 3 heterocycles. The van der Waals surface area contributed by atoms with Crippen molar-refractivity contribution >= 4 is 17.8 Å². The van der Waals surface area contributed by atoms with Gasteiger partial charge in [0.2, 0.25) is 0 Å². The number of ketones is 1. The fourth-order valence-corrected chi connectivity index (χ4v) is 6.73. The van der Waals surface area contributed by atoms with Crippen LogP contribution in [0.5, 0.6) is 5.75 Å². The highest BCUT2D eigenvalue weighted by atomic mass is 16.6. The van der Waals surface area contributed by atoms with Crippen LogP contribution in [0.25, 0.3) is 0 Å². The van der Waals surface area contributed by atoms with E-state index in [9.17, 15) is 14.4 Å². The van der Waals surface area contributed by atoms with Crippen LogP contribution in [0.4, 0.5) is 4.79 Å². The maximum atomic E-state index is 13.1. The van der Waals surface area contributed by atoms with Crippen molar-refractivity contribution in [1.29, 1.82) is 0 Å². The highest BCUT2D eigenvalue weighted by Crippen LogP contribution is 2.49. The number of ether oxygens (including phenoxy) is 3. The summed E-state index contributed by atoms with van der Waals surface area (Å²) in [6.07, 6.45) is 5.74. The molecule has 3 unspecified atom stereocenters. The number of carbonyl (C=O) groups excluding carboxylic acids is 3. The first-order valence-corrected chi connectivity index (χ1v) is 13.5. The van der Waals surface area contributed by atoms with Crippen molar-refractivity contribution in [1.82, 2.24) is 4.90 Å². The van der Waals surface area contributed by atoms with Gasteiger partial charge in [-0.2, -0.15) is 0 Å². The van der Waals surface area contributed by atoms with Crippen LogP contribution in [-0.2, 0) is 14.3 Å². The number of carbonyl (C=O) groups is 3. The predicted molar refractivity (Wildman–Crippen MR) is 134 cm³/mol. The number of esters is 1. The molecule has 1 aliphatic carbocycles. The van der Waals surface area contributed by atoms with E-state index in [-0.39, 0.29) is 53.8 Å². The highest BCUT2D eigenvalue weighted by molar-refractivity contribution is 6.00. The number of amides is 1. The van der Waals surface area contributed by atoms with Gasteiger partial charge in [-0.3, -0.25) is 9.59 Å². The normalized spacial score (nSPS) is 29.1. The molecular formula is C29H39NO6. The van der Waals surface area contributed by atoms with E-state index in [1.54, 1.807) is 0 Å². The summed E-state index contributed by atoms with van der Waals surface area (Å²) in [7, 11) is 1.43. The highest BCUT2D eigenvalue weighted by Gasteiger charge is 2.48. The average Bonchev–Trinajstić information content (AvgIpc) is 3.61. The summed E-state index contributed by atoms with van der Waals surface area (Å²) < 4.78 is 17.2. The van der Waals surface area contributed by atoms with E-state index in [2.05, 4.69) is 0 Å². The Morgan fingerprint density at radius 3 is 2.33 bits per heavy atom. The SMILES string of the molecule is COC(=O)[C@@H](C)[C@H](c1ccc2c(c1)OC(C1CC3CCC(C1)N3C(=O)OC(C)(C)C)CC2=O)C1CC1. The molecule has 5 rings (SSSR count). The third-order valence-electron chi connectivity index (χ3n) is 8.50. The number of hydrogen-bond acceptors (Lipinski definition) is 6. The van der Waals surface area contributed by atoms with Gasteiger partial charge in [-0.25, -0.2) is 4.79 Å². The van der Waals surface area contributed by atoms with Gasteiger partial charge in [0.1, 0.15) is 17.5 Å². The van der Waals surface area contributed by atoms with Crippen molar-refractivity contribution in [3.63, 3.8) is 0 Å². The Labute approximate surface area is 213 Å². The lowest BCUT2D eigenvalue weighted by Crippen LogP contribution is -2.51. The summed E-state index contributed by atoms with van der Waals surface area (Å²) in [5, 5.41) is 0. The van der Waals surface area contributed by atoms with Crippen molar-refractivity contribution in [2.24, 2.45) is 17.8 Å². The molecule has 1 aromatic rings. The summed E-state index contributed by atoms with van der Waals surface area (Å²) in [6, 6.07) is 6.12. The van der Waals surface area contributed by atoms with Crippen LogP contribution < -0.4 is 4.74 Å². The van der Waals surface area contributed by atoms with Gasteiger partial charge >= 0.3 is 12.1 Å². The topological polar surface area (TPSA) is 82.1 Å². The van der Waals surface area contributed by atoms with Gasteiger partial charge in [0.25, 0.3) is 0 Å². The Morgan fingerprint density at radius 2 is 1.75 bits per heavy atom. The fourth-order valence-electron chi connectivity index (χ4n) is 6.73. The number of methoxy groups -OCH3 is 1. The molecule has 196 valence electrons. The number of fused-ring (bicyclic) bond motifs is 3. The van der Waals surface area contributed by atoms with Gasteiger partial charge < -0.3 is 19.1 Å². The Morgan fingerprint density at radius 1 is 1.08 bits per heavy atom. The fraction of sp³-hybridized carbons (Fsp3) is 0.690. The lowest BCUT2D eigenvalue weighted by atomic mass is 9.80. The monoisotopic (exact) mass is 497 g/mol. The second-order valence-electron chi connectivity index (χ2n) is 12.2. The van der Waals surface area contributed by atoms with E-state index in [0.717, 1.165) is 44.1 Å². The molecule has 7 heteroatoms. The summed E-state index contributed by atoms with van der Waals surface area (Å²) in [4.78, 5) is 40.2. The summed E-state index contributed by atoms with van der Waals surface area (Å²) in [5.41, 5.74) is 1.16. The molecule has 1 saturated carbocycles. The third-order valence-corrected chi connectivity index (χ3v) is 8.50. The summed E-state index contributed by atoms with van der Waals surface area (Å²) in [5.74, 6) is 1.04. The van der Waals surface area contributed by atoms with Crippen LogP contribution in [-0.4, -0.2) is 53.6 Å². The zero-order chi connectivity index (χ0) is 25.8. The maximum absolute atomic E-state index is 13.1. The number of hydrogen-bond donors (Lipinski definition) is 0. The molecule has 2 saturated heterocycles. The first-order chi connectivity index (χ1) is 17.1. The minimum absolute atomic E-state index is 0.0646. The zero-order valence-corrected chi connectivity index (χ0v) is 22.1. The van der Waals surface area contributed by atoms with E-state index in [4.69, 9.17) is 14.2 Å². The molecular weight excluding hydrogens is 458 g/mol. The molecule has 3 aliphatic heterocycles. The van der Waals surface area contributed by atoms with E-state index in [0.29, 0.717) is 23.7 Å². The molecule has 36 heavy (non-hydrogen) atoms. The Bertz CT molecular complexity index is 1030. The number of piperidine rings is 1. The van der Waals surface area contributed by atoms with Gasteiger partial charge in [0, 0.05) is 24.4 Å². The molecule has 2 bridgehead atoms. The molecule has 0 aromatic heterocycles. The standard InChI is InChI=1S/C29H39NO6/c1-16(27(32)34-5)26(17-6-7-17)18-8-11-22-23(31)15-24(35-25(22)14-18)19-12-20-9-10-21(13-19)30(20)28(33)36-29(2,3)4/h8,11,14,16-17,19-21,24,26H,6-7,9-10,12-13,15H2,1-5H3/t16-,19?,20?,21?,24?,26-/m0/s1. The van der Waals surface area contributed by atoms with E-state index in [1.807, 2.05) is 50.8 Å². The first kappa shape index (κ1) is 25.1. The number of rotatable bonds is 5. The smallest absolute Gasteiger partial charge is 0.410 e. The van der Waals surface area contributed by atoms with Gasteiger partial charge in [-0.15, -0.1) is 0 Å². The molecule has 3 fully saturated rings. The van der Waals surface area contributed by atoms with Crippen molar-refractivity contribution < 1.29 is 28.6 Å². The Balaban J connectivity index is 1.32. The quantitative estimate of drug-likeness (QED) is 0.500. The number of benzene rings is 1. The Hall–Kier alpha value is -2.57. The van der Waals surface area contributed by atoms with E-state index >= 15 is 0 Å². The van der Waals surface area contributed by atoms with Crippen molar-refractivity contribution in [2.45, 2.75) is 102 Å². The van der Waals surface area contributed by atoms with E-state index < -0.39 is 5.60 Å². The predicted octanol–water partition coefficient (Wildman–Crippen LogP) is 5.50. The third kappa shape index (κ3) is 4.85.